The smallest absolute Gasteiger partial charge is 0.310 e. The maximum Gasteiger partial charge on any atom is 0.310 e. The molecule has 1 aliphatic heterocycles. The molecule has 0 radical (unpaired) electrons. The van der Waals surface area contributed by atoms with E-state index in [1.807, 2.05) is 13.8 Å². The molecule has 1 unspecified atom stereocenters. The van der Waals surface area contributed by atoms with Crippen molar-refractivity contribution in [2.75, 3.05) is 19.6 Å². The summed E-state index contributed by atoms with van der Waals surface area (Å²) in [5.41, 5.74) is -0.617. The second-order valence-electron chi connectivity index (χ2n) is 5.50. The maximum absolute atomic E-state index is 11.0. The summed E-state index contributed by atoms with van der Waals surface area (Å²) < 4.78 is 0. The number of nitrogens with zero attached hydrogens (tertiary/aromatic N) is 1. The number of carbonyl (C=O) groups is 1. The Bertz CT molecular complexity index is 226. The van der Waals surface area contributed by atoms with E-state index >= 15 is 0 Å². The zero-order chi connectivity index (χ0) is 11.5. The summed E-state index contributed by atoms with van der Waals surface area (Å²) in [7, 11) is 0. The number of carboxylic acid groups (broad SMARTS) is 1. The van der Waals surface area contributed by atoms with Crippen LogP contribution in [0.5, 0.6) is 0 Å². The van der Waals surface area contributed by atoms with Crippen LogP contribution in [0, 0.1) is 11.3 Å². The van der Waals surface area contributed by atoms with Crippen molar-refractivity contribution in [1.82, 2.24) is 4.90 Å². The lowest BCUT2D eigenvalue weighted by Gasteiger charge is -2.28. The Morgan fingerprint density at radius 1 is 1.40 bits per heavy atom. The molecule has 1 saturated heterocycles. The number of rotatable bonds is 3. The molecule has 1 fully saturated rings. The highest BCUT2D eigenvalue weighted by atomic mass is 16.4. The molecule has 0 bridgehead atoms. The molecule has 0 aliphatic carbocycles. The fraction of sp³-hybridized carbons (Fsp3) is 0.917. The van der Waals surface area contributed by atoms with Gasteiger partial charge in [-0.25, -0.2) is 0 Å². The minimum Gasteiger partial charge on any atom is -0.481 e. The van der Waals surface area contributed by atoms with E-state index in [1.54, 1.807) is 0 Å². The van der Waals surface area contributed by atoms with Crippen LogP contribution in [0.15, 0.2) is 0 Å². The Morgan fingerprint density at radius 2 is 2.07 bits per heavy atom. The van der Waals surface area contributed by atoms with Gasteiger partial charge in [-0.3, -0.25) is 4.79 Å². The highest BCUT2D eigenvalue weighted by molar-refractivity contribution is 5.73. The van der Waals surface area contributed by atoms with Gasteiger partial charge in [-0.05, 0) is 52.1 Å². The van der Waals surface area contributed by atoms with Crippen LogP contribution in [0.2, 0.25) is 0 Å². The average molecular weight is 213 g/mol. The lowest BCUT2D eigenvalue weighted by Crippen LogP contribution is -2.39. The topological polar surface area (TPSA) is 40.5 Å². The van der Waals surface area contributed by atoms with Crippen molar-refractivity contribution in [3.8, 4) is 0 Å². The standard InChI is InChI=1S/C12H23NO2/c1-10-5-4-7-13(8-6-10)9-12(2,3)11(14)15/h10H,4-9H2,1-3H3,(H,14,15). The van der Waals surface area contributed by atoms with Gasteiger partial charge in [0.2, 0.25) is 0 Å². The SMILES string of the molecule is CC1CCCN(CC(C)(C)C(=O)O)CC1. The van der Waals surface area contributed by atoms with Crippen LogP contribution >= 0.6 is 0 Å². The summed E-state index contributed by atoms with van der Waals surface area (Å²) in [6, 6.07) is 0. The van der Waals surface area contributed by atoms with Gasteiger partial charge in [0.15, 0.2) is 0 Å². The van der Waals surface area contributed by atoms with Gasteiger partial charge in [0.05, 0.1) is 5.41 Å². The second kappa shape index (κ2) is 4.97. The van der Waals surface area contributed by atoms with Crippen molar-refractivity contribution in [3.63, 3.8) is 0 Å². The van der Waals surface area contributed by atoms with Gasteiger partial charge in [-0.1, -0.05) is 6.92 Å². The fourth-order valence-corrected chi connectivity index (χ4v) is 2.11. The second-order valence-corrected chi connectivity index (χ2v) is 5.50. The summed E-state index contributed by atoms with van der Waals surface area (Å²) >= 11 is 0. The first kappa shape index (κ1) is 12.5. The van der Waals surface area contributed by atoms with Crippen LogP contribution in [-0.2, 0) is 4.79 Å². The molecule has 3 heteroatoms. The van der Waals surface area contributed by atoms with Crippen LogP contribution in [0.3, 0.4) is 0 Å². The fourth-order valence-electron chi connectivity index (χ4n) is 2.11. The van der Waals surface area contributed by atoms with Crippen molar-refractivity contribution in [1.29, 1.82) is 0 Å². The Hall–Kier alpha value is -0.570. The van der Waals surface area contributed by atoms with Crippen LogP contribution in [-0.4, -0.2) is 35.6 Å². The normalized spacial score (nSPS) is 24.9. The van der Waals surface area contributed by atoms with E-state index in [1.165, 1.54) is 19.3 Å². The van der Waals surface area contributed by atoms with Gasteiger partial charge < -0.3 is 10.0 Å². The molecule has 15 heavy (non-hydrogen) atoms. The van der Waals surface area contributed by atoms with E-state index < -0.39 is 11.4 Å². The molecular weight excluding hydrogens is 190 g/mol. The van der Waals surface area contributed by atoms with Gasteiger partial charge in [0.1, 0.15) is 0 Å². The molecular formula is C12H23NO2. The first-order valence-electron chi connectivity index (χ1n) is 5.87. The zero-order valence-corrected chi connectivity index (χ0v) is 10.1. The van der Waals surface area contributed by atoms with Gasteiger partial charge >= 0.3 is 5.97 Å². The largest absolute Gasteiger partial charge is 0.481 e. The predicted molar refractivity (Wildman–Crippen MR) is 60.9 cm³/mol. The Balaban J connectivity index is 2.47. The van der Waals surface area contributed by atoms with Gasteiger partial charge in [-0.2, -0.15) is 0 Å². The lowest BCUT2D eigenvalue weighted by molar-refractivity contribution is -0.148. The van der Waals surface area contributed by atoms with Crippen molar-refractivity contribution >= 4 is 5.97 Å². The van der Waals surface area contributed by atoms with Crippen molar-refractivity contribution in [3.05, 3.63) is 0 Å². The van der Waals surface area contributed by atoms with Gasteiger partial charge in [0, 0.05) is 6.54 Å². The molecule has 1 rings (SSSR count). The monoisotopic (exact) mass is 213 g/mol. The summed E-state index contributed by atoms with van der Waals surface area (Å²) in [5, 5.41) is 9.07. The van der Waals surface area contributed by atoms with Gasteiger partial charge in [0.25, 0.3) is 0 Å². The van der Waals surface area contributed by atoms with E-state index in [-0.39, 0.29) is 0 Å². The Morgan fingerprint density at radius 3 is 2.67 bits per heavy atom. The summed E-state index contributed by atoms with van der Waals surface area (Å²) in [5.74, 6) is 0.0998. The zero-order valence-electron chi connectivity index (χ0n) is 10.1. The summed E-state index contributed by atoms with van der Waals surface area (Å²) in [6.07, 6.45) is 3.69. The first-order chi connectivity index (χ1) is 6.92. The molecule has 0 amide bonds. The number of hydrogen-bond acceptors (Lipinski definition) is 2. The van der Waals surface area contributed by atoms with Crippen LogP contribution in [0.1, 0.15) is 40.0 Å². The number of hydrogen-bond donors (Lipinski definition) is 1. The Labute approximate surface area is 92.5 Å². The van der Waals surface area contributed by atoms with Crippen molar-refractivity contribution in [2.45, 2.75) is 40.0 Å². The molecule has 88 valence electrons. The molecule has 1 aliphatic rings. The lowest BCUT2D eigenvalue weighted by atomic mass is 9.93. The summed E-state index contributed by atoms with van der Waals surface area (Å²) in [6.45, 7) is 8.69. The average Bonchev–Trinajstić information content (AvgIpc) is 2.30. The molecule has 0 aromatic heterocycles. The molecule has 0 spiro atoms. The minimum absolute atomic E-state index is 0.617. The third-order valence-corrected chi connectivity index (χ3v) is 3.31. The van der Waals surface area contributed by atoms with Crippen LogP contribution < -0.4 is 0 Å². The Kier molecular flexibility index (Phi) is 4.14. The molecule has 0 aromatic rings. The highest BCUT2D eigenvalue weighted by Gasteiger charge is 2.30. The van der Waals surface area contributed by atoms with Gasteiger partial charge in [-0.15, -0.1) is 0 Å². The minimum atomic E-state index is -0.695. The van der Waals surface area contributed by atoms with E-state index in [0.29, 0.717) is 6.54 Å². The summed E-state index contributed by atoms with van der Waals surface area (Å²) in [4.78, 5) is 13.3. The molecule has 0 saturated carbocycles. The van der Waals surface area contributed by atoms with E-state index in [9.17, 15) is 4.79 Å². The molecule has 1 N–H and O–H groups in total. The van der Waals surface area contributed by atoms with Crippen LogP contribution in [0.4, 0.5) is 0 Å². The quantitative estimate of drug-likeness (QED) is 0.781. The van der Waals surface area contributed by atoms with E-state index in [0.717, 1.165) is 19.0 Å². The van der Waals surface area contributed by atoms with Crippen LogP contribution in [0.25, 0.3) is 0 Å². The van der Waals surface area contributed by atoms with Crippen molar-refractivity contribution < 1.29 is 9.90 Å². The molecule has 3 nitrogen and oxygen atoms in total. The number of aliphatic carboxylic acids is 1. The molecule has 1 heterocycles. The third kappa shape index (κ3) is 3.82. The predicted octanol–water partition coefficient (Wildman–Crippen LogP) is 2.22. The molecule has 1 atom stereocenters. The highest BCUT2D eigenvalue weighted by Crippen LogP contribution is 2.22. The third-order valence-electron chi connectivity index (χ3n) is 3.31. The molecule has 0 aromatic carbocycles. The van der Waals surface area contributed by atoms with E-state index in [4.69, 9.17) is 5.11 Å². The maximum atomic E-state index is 11.0. The number of likely N-dealkylation sites (tertiary alicyclic amines) is 1. The van der Waals surface area contributed by atoms with E-state index in [2.05, 4.69) is 11.8 Å². The van der Waals surface area contributed by atoms with Crippen molar-refractivity contribution in [2.24, 2.45) is 11.3 Å². The first-order valence-corrected chi connectivity index (χ1v) is 5.87. The number of carboxylic acids is 1.